The Morgan fingerprint density at radius 1 is 1.25 bits per heavy atom. The Morgan fingerprint density at radius 2 is 2.00 bits per heavy atom. The molecular formula is C15H20N4O. The summed E-state index contributed by atoms with van der Waals surface area (Å²) in [7, 11) is 1.90. The number of nitrogens with zero attached hydrogens (tertiary/aromatic N) is 2. The number of nitrogens with one attached hydrogen (secondary N) is 2. The number of carbonyl (C=O) groups is 1. The topological polar surface area (TPSA) is 58.9 Å². The van der Waals surface area contributed by atoms with Crippen LogP contribution in [0.3, 0.4) is 0 Å². The third-order valence-corrected chi connectivity index (χ3v) is 3.01. The molecule has 0 radical (unpaired) electrons. The molecule has 0 aliphatic carbocycles. The molecular weight excluding hydrogens is 252 g/mol. The molecule has 5 heteroatoms. The van der Waals surface area contributed by atoms with E-state index in [1.807, 2.05) is 44.3 Å². The van der Waals surface area contributed by atoms with Gasteiger partial charge in [0.2, 0.25) is 0 Å². The Bertz CT molecular complexity index is 563. The molecule has 1 amide bonds. The molecule has 0 aliphatic rings. The highest BCUT2D eigenvalue weighted by molar-refractivity contribution is 5.92. The Kier molecular flexibility index (Phi) is 4.90. The van der Waals surface area contributed by atoms with Gasteiger partial charge in [-0.05, 0) is 45.1 Å². The number of carbonyl (C=O) groups excluding carboxylic acids is 1. The predicted octanol–water partition coefficient (Wildman–Crippen LogP) is 1.52. The van der Waals surface area contributed by atoms with Crippen LogP contribution in [0.4, 0.5) is 0 Å². The van der Waals surface area contributed by atoms with Crippen LogP contribution in [0.1, 0.15) is 22.6 Å². The highest BCUT2D eigenvalue weighted by atomic mass is 16.1. The third-order valence-electron chi connectivity index (χ3n) is 3.01. The Hall–Kier alpha value is -2.14. The van der Waals surface area contributed by atoms with Crippen molar-refractivity contribution < 1.29 is 4.79 Å². The second kappa shape index (κ2) is 6.86. The van der Waals surface area contributed by atoms with Gasteiger partial charge in [-0.15, -0.1) is 0 Å². The van der Waals surface area contributed by atoms with Crippen LogP contribution in [0.5, 0.6) is 0 Å². The maximum absolute atomic E-state index is 12.0. The minimum atomic E-state index is -0.126. The molecule has 0 saturated heterocycles. The molecule has 2 aromatic rings. The zero-order chi connectivity index (χ0) is 14.4. The first-order chi connectivity index (χ1) is 9.72. The Morgan fingerprint density at radius 3 is 2.70 bits per heavy atom. The maximum atomic E-state index is 12.0. The van der Waals surface area contributed by atoms with Gasteiger partial charge in [0.1, 0.15) is 0 Å². The van der Waals surface area contributed by atoms with Crippen LogP contribution in [-0.2, 0) is 0 Å². The van der Waals surface area contributed by atoms with Gasteiger partial charge in [0.15, 0.2) is 5.69 Å². The lowest BCUT2D eigenvalue weighted by Crippen LogP contribution is -2.27. The quantitative estimate of drug-likeness (QED) is 0.784. The number of amides is 1. The summed E-state index contributed by atoms with van der Waals surface area (Å²) in [5, 5.41) is 10.3. The van der Waals surface area contributed by atoms with Crippen molar-refractivity contribution in [1.82, 2.24) is 20.4 Å². The second-order valence-electron chi connectivity index (χ2n) is 4.63. The van der Waals surface area contributed by atoms with E-state index in [4.69, 9.17) is 0 Å². The molecule has 106 valence electrons. The molecule has 1 aromatic carbocycles. The number of aryl methyl sites for hydroxylation is 1. The summed E-state index contributed by atoms with van der Waals surface area (Å²) < 4.78 is 1.78. The molecule has 0 fully saturated rings. The summed E-state index contributed by atoms with van der Waals surface area (Å²) in [5.74, 6) is -0.126. The van der Waals surface area contributed by atoms with Crippen LogP contribution in [0, 0.1) is 6.92 Å². The van der Waals surface area contributed by atoms with Gasteiger partial charge >= 0.3 is 0 Å². The van der Waals surface area contributed by atoms with Gasteiger partial charge in [-0.3, -0.25) is 4.79 Å². The van der Waals surface area contributed by atoms with Gasteiger partial charge in [0.25, 0.3) is 5.91 Å². The normalized spacial score (nSPS) is 10.5. The van der Waals surface area contributed by atoms with Gasteiger partial charge in [0.05, 0.1) is 5.69 Å². The lowest BCUT2D eigenvalue weighted by molar-refractivity contribution is 0.0948. The number of aromatic nitrogens is 2. The van der Waals surface area contributed by atoms with Crippen molar-refractivity contribution in [2.24, 2.45) is 0 Å². The van der Waals surface area contributed by atoms with Crippen molar-refractivity contribution in [2.45, 2.75) is 13.3 Å². The van der Waals surface area contributed by atoms with Crippen LogP contribution in [0.25, 0.3) is 5.69 Å². The molecule has 1 heterocycles. The SMILES string of the molecule is CNCCCNC(=O)c1cc(C)n(-c2ccccc2)n1. The molecule has 0 unspecified atom stereocenters. The zero-order valence-corrected chi connectivity index (χ0v) is 11.9. The van der Waals surface area contributed by atoms with Crippen molar-refractivity contribution in [3.05, 3.63) is 47.8 Å². The molecule has 5 nitrogen and oxygen atoms in total. The molecule has 0 atom stereocenters. The summed E-state index contributed by atoms with van der Waals surface area (Å²) in [4.78, 5) is 12.0. The van der Waals surface area contributed by atoms with Gasteiger partial charge in [-0.2, -0.15) is 5.10 Å². The first-order valence-electron chi connectivity index (χ1n) is 6.77. The fourth-order valence-electron chi connectivity index (χ4n) is 1.97. The van der Waals surface area contributed by atoms with Gasteiger partial charge < -0.3 is 10.6 Å². The molecule has 2 rings (SSSR count). The highest BCUT2D eigenvalue weighted by Crippen LogP contribution is 2.11. The number of hydrogen-bond donors (Lipinski definition) is 2. The number of para-hydroxylation sites is 1. The van der Waals surface area contributed by atoms with E-state index in [9.17, 15) is 4.79 Å². The van der Waals surface area contributed by atoms with Crippen molar-refractivity contribution in [1.29, 1.82) is 0 Å². The summed E-state index contributed by atoms with van der Waals surface area (Å²) in [6.07, 6.45) is 0.903. The van der Waals surface area contributed by atoms with Crippen molar-refractivity contribution in [2.75, 3.05) is 20.1 Å². The van der Waals surface area contributed by atoms with E-state index in [1.54, 1.807) is 10.7 Å². The maximum Gasteiger partial charge on any atom is 0.271 e. The Balaban J connectivity index is 2.05. The molecule has 0 aliphatic heterocycles. The molecule has 0 spiro atoms. The van der Waals surface area contributed by atoms with E-state index in [0.717, 1.165) is 24.3 Å². The average molecular weight is 272 g/mol. The van der Waals surface area contributed by atoms with E-state index in [-0.39, 0.29) is 5.91 Å². The zero-order valence-electron chi connectivity index (χ0n) is 11.9. The lowest BCUT2D eigenvalue weighted by atomic mass is 10.3. The molecule has 0 saturated carbocycles. The first kappa shape index (κ1) is 14.3. The lowest BCUT2D eigenvalue weighted by Gasteiger charge is -2.03. The summed E-state index contributed by atoms with van der Waals surface area (Å²) >= 11 is 0. The van der Waals surface area contributed by atoms with Crippen LogP contribution < -0.4 is 10.6 Å². The summed E-state index contributed by atoms with van der Waals surface area (Å²) in [6, 6.07) is 11.6. The number of hydrogen-bond acceptors (Lipinski definition) is 3. The van der Waals surface area contributed by atoms with Crippen LogP contribution >= 0.6 is 0 Å². The number of rotatable bonds is 6. The highest BCUT2D eigenvalue weighted by Gasteiger charge is 2.12. The monoisotopic (exact) mass is 272 g/mol. The fraction of sp³-hybridized carbons (Fsp3) is 0.333. The number of benzene rings is 1. The minimum absolute atomic E-state index is 0.126. The standard InChI is InChI=1S/C15H20N4O/c1-12-11-14(15(20)17-10-6-9-16-2)18-19(12)13-7-4-3-5-8-13/h3-5,7-8,11,16H,6,9-10H2,1-2H3,(H,17,20). The van der Waals surface area contributed by atoms with Gasteiger partial charge in [-0.1, -0.05) is 18.2 Å². The van der Waals surface area contributed by atoms with E-state index < -0.39 is 0 Å². The van der Waals surface area contributed by atoms with Crippen LogP contribution in [0.15, 0.2) is 36.4 Å². The molecule has 2 N–H and O–H groups in total. The van der Waals surface area contributed by atoms with Gasteiger partial charge in [0, 0.05) is 12.2 Å². The third kappa shape index (κ3) is 3.45. The largest absolute Gasteiger partial charge is 0.351 e. The summed E-state index contributed by atoms with van der Waals surface area (Å²) in [5.41, 5.74) is 2.35. The Labute approximate surface area is 119 Å². The van der Waals surface area contributed by atoms with Gasteiger partial charge in [-0.25, -0.2) is 4.68 Å². The molecule has 0 bridgehead atoms. The van der Waals surface area contributed by atoms with Crippen LogP contribution in [0.2, 0.25) is 0 Å². The molecule has 20 heavy (non-hydrogen) atoms. The smallest absolute Gasteiger partial charge is 0.271 e. The van der Waals surface area contributed by atoms with E-state index >= 15 is 0 Å². The van der Waals surface area contributed by atoms with Crippen molar-refractivity contribution >= 4 is 5.91 Å². The predicted molar refractivity (Wildman–Crippen MR) is 79.2 cm³/mol. The van der Waals surface area contributed by atoms with E-state index in [1.165, 1.54) is 0 Å². The minimum Gasteiger partial charge on any atom is -0.351 e. The molecule has 1 aromatic heterocycles. The van der Waals surface area contributed by atoms with Crippen molar-refractivity contribution in [3.63, 3.8) is 0 Å². The van der Waals surface area contributed by atoms with Crippen molar-refractivity contribution in [3.8, 4) is 5.69 Å². The first-order valence-corrected chi connectivity index (χ1v) is 6.77. The second-order valence-corrected chi connectivity index (χ2v) is 4.63. The van der Waals surface area contributed by atoms with Crippen LogP contribution in [-0.4, -0.2) is 35.8 Å². The summed E-state index contributed by atoms with van der Waals surface area (Å²) in [6.45, 7) is 3.48. The van der Waals surface area contributed by atoms with E-state index in [0.29, 0.717) is 12.2 Å². The fourth-order valence-corrected chi connectivity index (χ4v) is 1.97. The average Bonchev–Trinajstić information content (AvgIpc) is 2.86. The van der Waals surface area contributed by atoms with E-state index in [2.05, 4.69) is 15.7 Å².